The van der Waals surface area contributed by atoms with Gasteiger partial charge in [-0.15, -0.1) is 12.4 Å². The van der Waals surface area contributed by atoms with Gasteiger partial charge in [0.25, 0.3) is 0 Å². The molecule has 0 saturated carbocycles. The molecule has 0 aliphatic rings. The molecule has 0 bridgehead atoms. The van der Waals surface area contributed by atoms with Crippen molar-refractivity contribution in [2.75, 3.05) is 13.2 Å². The summed E-state index contributed by atoms with van der Waals surface area (Å²) >= 11 is 0. The first-order valence-electron chi connectivity index (χ1n) is 9.73. The maximum absolute atomic E-state index is 6.00. The number of benzene rings is 2. The van der Waals surface area contributed by atoms with Crippen molar-refractivity contribution in [1.29, 1.82) is 0 Å². The zero-order chi connectivity index (χ0) is 17.9. The van der Waals surface area contributed by atoms with Gasteiger partial charge in [-0.25, -0.2) is 0 Å². The van der Waals surface area contributed by atoms with E-state index in [1.165, 1.54) is 36.8 Å². The van der Waals surface area contributed by atoms with Gasteiger partial charge in [0.15, 0.2) is 0 Å². The van der Waals surface area contributed by atoms with Gasteiger partial charge in [0, 0.05) is 5.92 Å². The van der Waals surface area contributed by atoms with Gasteiger partial charge in [-0.05, 0) is 48.6 Å². The van der Waals surface area contributed by atoms with Crippen molar-refractivity contribution in [2.45, 2.75) is 51.9 Å². The molecule has 2 N–H and O–H groups in total. The van der Waals surface area contributed by atoms with Gasteiger partial charge in [-0.3, -0.25) is 0 Å². The Morgan fingerprint density at radius 3 is 2.23 bits per heavy atom. The molecule has 26 heavy (non-hydrogen) atoms. The summed E-state index contributed by atoms with van der Waals surface area (Å²) in [5, 5.41) is 0. The van der Waals surface area contributed by atoms with E-state index in [4.69, 9.17) is 10.5 Å². The number of unbranched alkanes of at least 4 members (excludes halogenated alkanes) is 1. The van der Waals surface area contributed by atoms with Crippen LogP contribution in [-0.4, -0.2) is 13.2 Å². The van der Waals surface area contributed by atoms with Crippen LogP contribution in [0.5, 0.6) is 5.75 Å². The van der Waals surface area contributed by atoms with Crippen LogP contribution in [0.1, 0.15) is 56.6 Å². The van der Waals surface area contributed by atoms with Crippen LogP contribution in [0.2, 0.25) is 0 Å². The highest BCUT2D eigenvalue weighted by molar-refractivity contribution is 5.85. The van der Waals surface area contributed by atoms with Crippen LogP contribution >= 0.6 is 12.4 Å². The van der Waals surface area contributed by atoms with Gasteiger partial charge < -0.3 is 10.5 Å². The van der Waals surface area contributed by atoms with Crippen LogP contribution < -0.4 is 10.5 Å². The Labute approximate surface area is 165 Å². The lowest BCUT2D eigenvalue weighted by Crippen LogP contribution is -2.15. The lowest BCUT2D eigenvalue weighted by molar-refractivity contribution is 0.233. The van der Waals surface area contributed by atoms with E-state index in [2.05, 4.69) is 62.4 Å². The number of rotatable bonds is 11. The van der Waals surface area contributed by atoms with Crippen molar-refractivity contribution in [2.24, 2.45) is 11.7 Å². The molecule has 2 nitrogen and oxygen atoms in total. The molecule has 2 aromatic carbocycles. The second kappa shape index (κ2) is 12.8. The standard InChI is InChI=1S/C23H33NO.ClH/c1-3-5-9-19(4-2)18-25-23-14-12-20(13-15-23)16-22(17-24)21-10-7-6-8-11-21;/h6-8,10-15,19,22H,3-5,9,16-18,24H2,1-2H3;1H. The fraction of sp³-hybridized carbons (Fsp3) is 0.478. The Morgan fingerprint density at radius 1 is 0.962 bits per heavy atom. The fourth-order valence-electron chi connectivity index (χ4n) is 3.18. The van der Waals surface area contributed by atoms with E-state index in [1.807, 2.05) is 6.07 Å². The van der Waals surface area contributed by atoms with Crippen molar-refractivity contribution >= 4 is 12.4 Å². The molecule has 2 rings (SSSR count). The molecule has 2 atom stereocenters. The molecule has 3 heteroatoms. The van der Waals surface area contributed by atoms with E-state index in [9.17, 15) is 0 Å². The number of hydrogen-bond acceptors (Lipinski definition) is 2. The van der Waals surface area contributed by atoms with Gasteiger partial charge in [0.05, 0.1) is 6.61 Å². The average molecular weight is 376 g/mol. The minimum atomic E-state index is 0. The third-order valence-electron chi connectivity index (χ3n) is 4.99. The predicted octanol–water partition coefficient (Wildman–Crippen LogP) is 5.99. The van der Waals surface area contributed by atoms with E-state index >= 15 is 0 Å². The van der Waals surface area contributed by atoms with Crippen molar-refractivity contribution in [1.82, 2.24) is 0 Å². The molecule has 0 fully saturated rings. The normalized spacial score (nSPS) is 12.9. The Kier molecular flexibility index (Phi) is 11.1. The van der Waals surface area contributed by atoms with Gasteiger partial charge in [-0.2, -0.15) is 0 Å². The van der Waals surface area contributed by atoms with Crippen molar-refractivity contribution in [3.63, 3.8) is 0 Å². The van der Waals surface area contributed by atoms with Gasteiger partial charge in [0.2, 0.25) is 0 Å². The lowest BCUT2D eigenvalue weighted by atomic mass is 9.92. The summed E-state index contributed by atoms with van der Waals surface area (Å²) in [4.78, 5) is 0. The van der Waals surface area contributed by atoms with Crippen LogP contribution in [0.3, 0.4) is 0 Å². The highest BCUT2D eigenvalue weighted by Gasteiger charge is 2.11. The van der Waals surface area contributed by atoms with Crippen LogP contribution in [0.25, 0.3) is 0 Å². The van der Waals surface area contributed by atoms with Gasteiger partial charge in [-0.1, -0.05) is 75.6 Å². The molecule has 0 aromatic heterocycles. The first-order valence-corrected chi connectivity index (χ1v) is 9.73. The lowest BCUT2D eigenvalue weighted by Gasteiger charge is -2.17. The highest BCUT2D eigenvalue weighted by atomic mass is 35.5. The van der Waals surface area contributed by atoms with Crippen LogP contribution in [0, 0.1) is 5.92 Å². The molecular formula is C23H34ClNO. The molecule has 0 saturated heterocycles. The Morgan fingerprint density at radius 2 is 1.65 bits per heavy atom. The third-order valence-corrected chi connectivity index (χ3v) is 4.99. The van der Waals surface area contributed by atoms with E-state index in [0.29, 0.717) is 18.4 Å². The smallest absolute Gasteiger partial charge is 0.119 e. The minimum absolute atomic E-state index is 0. The molecule has 2 unspecified atom stereocenters. The van der Waals surface area contributed by atoms with E-state index in [1.54, 1.807) is 0 Å². The van der Waals surface area contributed by atoms with Crippen molar-refractivity contribution in [3.05, 3.63) is 65.7 Å². The highest BCUT2D eigenvalue weighted by Crippen LogP contribution is 2.22. The number of halogens is 1. The number of hydrogen-bond donors (Lipinski definition) is 1. The first-order chi connectivity index (χ1) is 12.3. The maximum atomic E-state index is 6.00. The number of nitrogens with two attached hydrogens (primary N) is 1. The topological polar surface area (TPSA) is 35.2 Å². The Hall–Kier alpha value is -1.51. The molecule has 144 valence electrons. The summed E-state index contributed by atoms with van der Waals surface area (Å²) in [6.07, 6.45) is 5.97. The van der Waals surface area contributed by atoms with E-state index in [-0.39, 0.29) is 12.4 Å². The summed E-state index contributed by atoms with van der Waals surface area (Å²) in [6.45, 7) is 5.99. The van der Waals surface area contributed by atoms with E-state index in [0.717, 1.165) is 18.8 Å². The number of ether oxygens (including phenoxy) is 1. The zero-order valence-corrected chi connectivity index (χ0v) is 17.0. The molecule has 0 aliphatic carbocycles. The Bertz CT molecular complexity index is 585. The first kappa shape index (κ1) is 22.5. The SMILES string of the molecule is CCCCC(CC)COc1ccc(CC(CN)c2ccccc2)cc1.Cl. The van der Waals surface area contributed by atoms with E-state index < -0.39 is 0 Å². The summed E-state index contributed by atoms with van der Waals surface area (Å²) in [7, 11) is 0. The monoisotopic (exact) mass is 375 g/mol. The van der Waals surface area contributed by atoms with Crippen LogP contribution in [0.4, 0.5) is 0 Å². The second-order valence-corrected chi connectivity index (χ2v) is 6.92. The van der Waals surface area contributed by atoms with Gasteiger partial charge in [0.1, 0.15) is 5.75 Å². The molecule has 0 spiro atoms. The van der Waals surface area contributed by atoms with Crippen LogP contribution in [0.15, 0.2) is 54.6 Å². The minimum Gasteiger partial charge on any atom is -0.493 e. The summed E-state index contributed by atoms with van der Waals surface area (Å²) in [5.74, 6) is 2.01. The van der Waals surface area contributed by atoms with Crippen molar-refractivity contribution in [3.8, 4) is 5.75 Å². The summed E-state index contributed by atoms with van der Waals surface area (Å²) in [6, 6.07) is 19.1. The van der Waals surface area contributed by atoms with Gasteiger partial charge >= 0.3 is 0 Å². The second-order valence-electron chi connectivity index (χ2n) is 6.92. The van der Waals surface area contributed by atoms with Crippen molar-refractivity contribution < 1.29 is 4.74 Å². The molecular weight excluding hydrogens is 342 g/mol. The largest absolute Gasteiger partial charge is 0.493 e. The zero-order valence-electron chi connectivity index (χ0n) is 16.2. The Balaban J connectivity index is 0.00000338. The molecule has 0 heterocycles. The predicted molar refractivity (Wildman–Crippen MR) is 114 cm³/mol. The molecule has 0 amide bonds. The molecule has 2 aromatic rings. The summed E-state index contributed by atoms with van der Waals surface area (Å²) < 4.78 is 6.00. The third kappa shape index (κ3) is 7.39. The fourth-order valence-corrected chi connectivity index (χ4v) is 3.18. The molecule has 0 aliphatic heterocycles. The molecule has 0 radical (unpaired) electrons. The summed E-state index contributed by atoms with van der Waals surface area (Å²) in [5.41, 5.74) is 8.62. The quantitative estimate of drug-likeness (QED) is 0.523. The maximum Gasteiger partial charge on any atom is 0.119 e. The van der Waals surface area contributed by atoms with Crippen LogP contribution in [-0.2, 0) is 6.42 Å². The average Bonchev–Trinajstić information content (AvgIpc) is 2.68.